The van der Waals surface area contributed by atoms with E-state index in [4.69, 9.17) is 4.42 Å². The molecule has 1 aromatic heterocycles. The van der Waals surface area contributed by atoms with Crippen molar-refractivity contribution in [2.75, 3.05) is 20.1 Å². The zero-order chi connectivity index (χ0) is 18.5. The van der Waals surface area contributed by atoms with E-state index in [-0.39, 0.29) is 24.0 Å². The van der Waals surface area contributed by atoms with E-state index >= 15 is 0 Å². The molecule has 1 aliphatic heterocycles. The van der Waals surface area contributed by atoms with Crippen LogP contribution in [0.25, 0.3) is 11.5 Å². The summed E-state index contributed by atoms with van der Waals surface area (Å²) in [7, 11) is 1.80. The highest BCUT2D eigenvalue weighted by atomic mass is 127. The molecular formula is C20H30IN5O. The van der Waals surface area contributed by atoms with Crippen LogP contribution >= 0.6 is 24.0 Å². The lowest BCUT2D eigenvalue weighted by Crippen LogP contribution is -2.46. The van der Waals surface area contributed by atoms with E-state index in [1.54, 1.807) is 13.3 Å². The number of hydrogen-bond donors (Lipinski definition) is 2. The van der Waals surface area contributed by atoms with Crippen LogP contribution in [0.15, 0.2) is 46.0 Å². The van der Waals surface area contributed by atoms with E-state index in [2.05, 4.69) is 46.3 Å². The molecule has 0 spiro atoms. The second kappa shape index (κ2) is 10.1. The predicted octanol–water partition coefficient (Wildman–Crippen LogP) is 3.35. The fourth-order valence-electron chi connectivity index (χ4n) is 3.26. The standard InChI is InChI=1S/C20H29N5O.HI/c1-14(2)25-11-15(3)18(12-25)24-20(21-4)22-10-17-13-26-19(23-17)16-8-6-5-7-9-16;/h5-9,13-15,18H,10-12H2,1-4H3,(H2,21,22,24);1H. The van der Waals surface area contributed by atoms with E-state index in [1.165, 1.54) is 0 Å². The largest absolute Gasteiger partial charge is 0.444 e. The molecule has 0 saturated carbocycles. The first-order valence-corrected chi connectivity index (χ1v) is 9.28. The summed E-state index contributed by atoms with van der Waals surface area (Å²) in [6.45, 7) is 9.52. The molecule has 2 aromatic rings. The Kier molecular flexibility index (Phi) is 8.09. The van der Waals surface area contributed by atoms with Crippen LogP contribution in [0.3, 0.4) is 0 Å². The molecule has 0 radical (unpaired) electrons. The number of nitrogens with one attached hydrogen (secondary N) is 2. The second-order valence-corrected chi connectivity index (χ2v) is 7.21. The van der Waals surface area contributed by atoms with Gasteiger partial charge in [0.15, 0.2) is 5.96 Å². The predicted molar refractivity (Wildman–Crippen MR) is 120 cm³/mol. The van der Waals surface area contributed by atoms with E-state index in [1.807, 2.05) is 30.3 Å². The lowest BCUT2D eigenvalue weighted by molar-refractivity contribution is 0.265. The Morgan fingerprint density at radius 1 is 1.30 bits per heavy atom. The van der Waals surface area contributed by atoms with Gasteiger partial charge in [0.25, 0.3) is 0 Å². The Morgan fingerprint density at radius 2 is 2.04 bits per heavy atom. The molecule has 1 fully saturated rings. The van der Waals surface area contributed by atoms with Gasteiger partial charge in [-0.05, 0) is 31.9 Å². The number of aliphatic imine (C=N–C) groups is 1. The van der Waals surface area contributed by atoms with Gasteiger partial charge in [0.1, 0.15) is 6.26 Å². The molecule has 1 aromatic carbocycles. The van der Waals surface area contributed by atoms with Crippen molar-refractivity contribution >= 4 is 29.9 Å². The van der Waals surface area contributed by atoms with Crippen LogP contribution in [0.2, 0.25) is 0 Å². The fraction of sp³-hybridized carbons (Fsp3) is 0.500. The van der Waals surface area contributed by atoms with Gasteiger partial charge >= 0.3 is 0 Å². The third-order valence-electron chi connectivity index (χ3n) is 4.93. The van der Waals surface area contributed by atoms with Gasteiger partial charge in [-0.25, -0.2) is 4.98 Å². The number of guanidine groups is 1. The molecule has 2 heterocycles. The molecular weight excluding hydrogens is 453 g/mol. The van der Waals surface area contributed by atoms with Gasteiger partial charge < -0.3 is 15.1 Å². The van der Waals surface area contributed by atoms with E-state index in [0.29, 0.717) is 30.4 Å². The highest BCUT2D eigenvalue weighted by molar-refractivity contribution is 14.0. The minimum Gasteiger partial charge on any atom is -0.444 e. The van der Waals surface area contributed by atoms with Gasteiger partial charge in [0, 0.05) is 37.8 Å². The number of likely N-dealkylation sites (tertiary alicyclic amines) is 1. The van der Waals surface area contributed by atoms with Gasteiger partial charge in [-0.3, -0.25) is 9.89 Å². The van der Waals surface area contributed by atoms with Crippen LogP contribution in [0.1, 0.15) is 26.5 Å². The molecule has 27 heavy (non-hydrogen) atoms. The van der Waals surface area contributed by atoms with Crippen LogP contribution in [-0.2, 0) is 6.54 Å². The van der Waals surface area contributed by atoms with Gasteiger partial charge in [0.2, 0.25) is 5.89 Å². The Labute approximate surface area is 178 Å². The minimum absolute atomic E-state index is 0. The summed E-state index contributed by atoms with van der Waals surface area (Å²) >= 11 is 0. The molecule has 0 amide bonds. The maximum Gasteiger partial charge on any atom is 0.226 e. The number of nitrogens with zero attached hydrogens (tertiary/aromatic N) is 3. The summed E-state index contributed by atoms with van der Waals surface area (Å²) in [6.07, 6.45) is 1.70. The maximum absolute atomic E-state index is 5.59. The Hall–Kier alpha value is -1.61. The number of aromatic nitrogens is 1. The van der Waals surface area contributed by atoms with Crippen molar-refractivity contribution in [1.82, 2.24) is 20.5 Å². The van der Waals surface area contributed by atoms with E-state index < -0.39 is 0 Å². The number of benzene rings is 1. The topological polar surface area (TPSA) is 65.7 Å². The molecule has 148 valence electrons. The molecule has 2 atom stereocenters. The molecule has 1 saturated heterocycles. The number of rotatable bonds is 5. The van der Waals surface area contributed by atoms with Crippen molar-refractivity contribution < 1.29 is 4.42 Å². The summed E-state index contributed by atoms with van der Waals surface area (Å²) in [5, 5.41) is 6.89. The fourth-order valence-corrected chi connectivity index (χ4v) is 3.26. The summed E-state index contributed by atoms with van der Waals surface area (Å²) in [5.74, 6) is 2.03. The van der Waals surface area contributed by atoms with Crippen LogP contribution < -0.4 is 10.6 Å². The van der Waals surface area contributed by atoms with Crippen molar-refractivity contribution in [1.29, 1.82) is 0 Å². The van der Waals surface area contributed by atoms with Crippen molar-refractivity contribution in [3.05, 3.63) is 42.3 Å². The zero-order valence-electron chi connectivity index (χ0n) is 16.5. The van der Waals surface area contributed by atoms with Crippen molar-refractivity contribution in [2.24, 2.45) is 10.9 Å². The molecule has 1 aliphatic rings. The first-order chi connectivity index (χ1) is 12.6. The summed E-state index contributed by atoms with van der Waals surface area (Å²) < 4.78 is 5.59. The smallest absolute Gasteiger partial charge is 0.226 e. The quantitative estimate of drug-likeness (QED) is 0.388. The van der Waals surface area contributed by atoms with Gasteiger partial charge in [-0.15, -0.1) is 24.0 Å². The molecule has 6 nitrogen and oxygen atoms in total. The van der Waals surface area contributed by atoms with Crippen LogP contribution in [-0.4, -0.2) is 48.1 Å². The Bertz CT molecular complexity index is 731. The molecule has 7 heteroatoms. The highest BCUT2D eigenvalue weighted by Crippen LogP contribution is 2.19. The van der Waals surface area contributed by atoms with Crippen LogP contribution in [0, 0.1) is 5.92 Å². The zero-order valence-corrected chi connectivity index (χ0v) is 18.8. The number of oxazole rings is 1. The van der Waals surface area contributed by atoms with Crippen LogP contribution in [0.5, 0.6) is 0 Å². The molecule has 3 rings (SSSR count). The molecule has 0 aliphatic carbocycles. The molecule has 0 bridgehead atoms. The first kappa shape index (κ1) is 21.7. The van der Waals surface area contributed by atoms with Gasteiger partial charge in [-0.1, -0.05) is 25.1 Å². The average molecular weight is 483 g/mol. The normalized spacial score (nSPS) is 20.6. The monoisotopic (exact) mass is 483 g/mol. The summed E-state index contributed by atoms with van der Waals surface area (Å²) in [6, 6.07) is 10.9. The minimum atomic E-state index is 0. The first-order valence-electron chi connectivity index (χ1n) is 9.28. The van der Waals surface area contributed by atoms with Gasteiger partial charge in [0.05, 0.1) is 12.2 Å². The summed E-state index contributed by atoms with van der Waals surface area (Å²) in [4.78, 5) is 11.4. The number of hydrogen-bond acceptors (Lipinski definition) is 4. The average Bonchev–Trinajstić information content (AvgIpc) is 3.26. The molecule has 2 unspecified atom stereocenters. The van der Waals surface area contributed by atoms with Crippen LogP contribution in [0.4, 0.5) is 0 Å². The third-order valence-corrected chi connectivity index (χ3v) is 4.93. The van der Waals surface area contributed by atoms with E-state index in [9.17, 15) is 0 Å². The maximum atomic E-state index is 5.59. The van der Waals surface area contributed by atoms with Gasteiger partial charge in [-0.2, -0.15) is 0 Å². The van der Waals surface area contributed by atoms with Crippen molar-refractivity contribution in [2.45, 2.75) is 39.4 Å². The third kappa shape index (κ3) is 5.68. The highest BCUT2D eigenvalue weighted by Gasteiger charge is 2.31. The van der Waals surface area contributed by atoms with Crippen molar-refractivity contribution in [3.63, 3.8) is 0 Å². The number of halogens is 1. The Balaban J connectivity index is 0.00000261. The lowest BCUT2D eigenvalue weighted by atomic mass is 10.1. The molecule has 2 N–H and O–H groups in total. The second-order valence-electron chi connectivity index (χ2n) is 7.21. The van der Waals surface area contributed by atoms with E-state index in [0.717, 1.165) is 30.3 Å². The lowest BCUT2D eigenvalue weighted by Gasteiger charge is -2.21. The summed E-state index contributed by atoms with van der Waals surface area (Å²) in [5.41, 5.74) is 1.84. The SMILES string of the molecule is CN=C(NCc1coc(-c2ccccc2)n1)NC1CN(C(C)C)CC1C.I. The Morgan fingerprint density at radius 3 is 2.67 bits per heavy atom. The van der Waals surface area contributed by atoms with Crippen molar-refractivity contribution in [3.8, 4) is 11.5 Å².